The second-order valence-electron chi connectivity index (χ2n) is 2.62. The van der Waals surface area contributed by atoms with E-state index in [1.807, 2.05) is 0 Å². The fraction of sp³-hybridized carbons (Fsp3) is 0.667. The van der Waals surface area contributed by atoms with E-state index in [4.69, 9.17) is 11.2 Å². The molecule has 0 aliphatic heterocycles. The van der Waals surface area contributed by atoms with Gasteiger partial charge in [0.15, 0.2) is 0 Å². The molecule has 0 aromatic rings. The number of hydrogen-bond acceptors (Lipinski definition) is 3. The van der Waals surface area contributed by atoms with E-state index in [0.717, 1.165) is 0 Å². The van der Waals surface area contributed by atoms with Crippen LogP contribution in [-0.2, 0) is 9.53 Å². The number of methoxy groups -OCH3 is 1. The minimum atomic E-state index is -0.00551. The lowest BCUT2D eigenvalue weighted by Gasteiger charge is -2.13. The van der Waals surface area contributed by atoms with Crippen LogP contribution in [0.2, 0.25) is 0 Å². The predicted octanol–water partition coefficient (Wildman–Crippen LogP) is -0.686. The van der Waals surface area contributed by atoms with Crippen LogP contribution in [0.15, 0.2) is 0 Å². The topological polar surface area (TPSA) is 41.6 Å². The molecule has 0 aliphatic carbocycles. The molecule has 4 heteroatoms. The summed E-state index contributed by atoms with van der Waals surface area (Å²) in [4.78, 5) is 12.7. The Morgan fingerprint density at radius 1 is 1.69 bits per heavy atom. The van der Waals surface area contributed by atoms with Crippen molar-refractivity contribution < 1.29 is 9.53 Å². The number of nitrogens with one attached hydrogen (secondary N) is 1. The van der Waals surface area contributed by atoms with Crippen molar-refractivity contribution in [3.63, 3.8) is 0 Å². The van der Waals surface area contributed by atoms with Crippen molar-refractivity contribution in [3.8, 4) is 12.3 Å². The van der Waals surface area contributed by atoms with Gasteiger partial charge in [0.05, 0.1) is 19.7 Å². The van der Waals surface area contributed by atoms with Gasteiger partial charge in [-0.15, -0.1) is 6.42 Å². The number of terminal acetylenes is 1. The lowest BCUT2D eigenvalue weighted by molar-refractivity contribution is -0.128. The van der Waals surface area contributed by atoms with Gasteiger partial charge in [0.25, 0.3) is 0 Å². The average molecular weight is 184 g/mol. The first-order chi connectivity index (χ1) is 6.22. The van der Waals surface area contributed by atoms with E-state index in [2.05, 4.69) is 11.2 Å². The second kappa shape index (κ2) is 7.59. The van der Waals surface area contributed by atoms with Crippen molar-refractivity contribution in [2.75, 3.05) is 40.4 Å². The molecule has 0 unspecified atom stereocenters. The number of carbonyl (C=O) groups excluding carboxylic acids is 1. The minimum Gasteiger partial charge on any atom is -0.383 e. The van der Waals surface area contributed by atoms with Crippen molar-refractivity contribution in [2.24, 2.45) is 0 Å². The summed E-state index contributed by atoms with van der Waals surface area (Å²) in [5.74, 6) is 2.40. The first-order valence-electron chi connectivity index (χ1n) is 4.09. The Kier molecular flexibility index (Phi) is 6.98. The molecule has 0 spiro atoms. The summed E-state index contributed by atoms with van der Waals surface area (Å²) in [5.41, 5.74) is 0. The Balaban J connectivity index is 3.45. The number of rotatable bonds is 6. The predicted molar refractivity (Wildman–Crippen MR) is 51.2 cm³/mol. The standard InChI is InChI=1S/C9H16N2O2/c1-4-6-11(2)9(12)8-10-5-7-13-3/h1,10H,5-8H2,2-3H3. The maximum atomic E-state index is 11.2. The summed E-state index contributed by atoms with van der Waals surface area (Å²) >= 11 is 0. The molecule has 0 heterocycles. The third-order valence-corrected chi connectivity index (χ3v) is 1.51. The van der Waals surface area contributed by atoms with Gasteiger partial charge in [-0.3, -0.25) is 4.79 Å². The number of carbonyl (C=O) groups is 1. The van der Waals surface area contributed by atoms with E-state index in [9.17, 15) is 4.79 Å². The molecular formula is C9H16N2O2. The van der Waals surface area contributed by atoms with Crippen molar-refractivity contribution in [3.05, 3.63) is 0 Å². The van der Waals surface area contributed by atoms with Crippen LogP contribution < -0.4 is 5.32 Å². The normalized spacial score (nSPS) is 9.31. The zero-order chi connectivity index (χ0) is 10.1. The van der Waals surface area contributed by atoms with Crippen molar-refractivity contribution in [2.45, 2.75) is 0 Å². The first-order valence-corrected chi connectivity index (χ1v) is 4.09. The second-order valence-corrected chi connectivity index (χ2v) is 2.62. The van der Waals surface area contributed by atoms with Crippen molar-refractivity contribution in [1.29, 1.82) is 0 Å². The molecule has 0 aliphatic rings. The van der Waals surface area contributed by atoms with Gasteiger partial charge >= 0.3 is 0 Å². The van der Waals surface area contributed by atoms with Gasteiger partial charge in [-0.05, 0) is 0 Å². The SMILES string of the molecule is C#CCN(C)C(=O)CNCCOC. The minimum absolute atomic E-state index is 0.00551. The Bertz CT molecular complexity index is 187. The first kappa shape index (κ1) is 11.9. The van der Waals surface area contributed by atoms with Crippen LogP contribution in [0.25, 0.3) is 0 Å². The van der Waals surface area contributed by atoms with Gasteiger partial charge in [-0.2, -0.15) is 0 Å². The molecule has 0 atom stereocenters. The van der Waals surface area contributed by atoms with Crippen LogP contribution in [0.5, 0.6) is 0 Å². The largest absolute Gasteiger partial charge is 0.383 e. The molecule has 1 N–H and O–H groups in total. The van der Waals surface area contributed by atoms with E-state index >= 15 is 0 Å². The van der Waals surface area contributed by atoms with Gasteiger partial charge in [0.1, 0.15) is 0 Å². The average Bonchev–Trinajstić information content (AvgIpc) is 2.12. The summed E-state index contributed by atoms with van der Waals surface area (Å²) in [5, 5.41) is 2.94. The summed E-state index contributed by atoms with van der Waals surface area (Å²) in [7, 11) is 3.30. The Hall–Kier alpha value is -1.05. The van der Waals surface area contributed by atoms with Gasteiger partial charge in [-0.1, -0.05) is 5.92 Å². The quantitative estimate of drug-likeness (QED) is 0.439. The number of amides is 1. The summed E-state index contributed by atoms with van der Waals surface area (Å²) in [6, 6.07) is 0. The number of ether oxygens (including phenoxy) is 1. The highest BCUT2D eigenvalue weighted by Crippen LogP contribution is 1.81. The molecule has 74 valence electrons. The van der Waals surface area contributed by atoms with E-state index < -0.39 is 0 Å². The molecule has 0 aromatic carbocycles. The van der Waals surface area contributed by atoms with E-state index in [1.54, 1.807) is 14.2 Å². The van der Waals surface area contributed by atoms with Crippen molar-refractivity contribution in [1.82, 2.24) is 10.2 Å². The Morgan fingerprint density at radius 2 is 2.38 bits per heavy atom. The van der Waals surface area contributed by atoms with E-state index in [0.29, 0.717) is 26.2 Å². The molecular weight excluding hydrogens is 168 g/mol. The molecule has 0 bridgehead atoms. The fourth-order valence-corrected chi connectivity index (χ4v) is 0.730. The monoisotopic (exact) mass is 184 g/mol. The summed E-state index contributed by atoms with van der Waals surface area (Å²) in [6.45, 7) is 1.94. The summed E-state index contributed by atoms with van der Waals surface area (Å²) in [6.07, 6.45) is 5.06. The highest BCUT2D eigenvalue weighted by atomic mass is 16.5. The number of likely N-dealkylation sites (N-methyl/N-ethyl adjacent to an activating group) is 1. The zero-order valence-electron chi connectivity index (χ0n) is 8.17. The fourth-order valence-electron chi connectivity index (χ4n) is 0.730. The zero-order valence-corrected chi connectivity index (χ0v) is 8.17. The molecule has 0 fully saturated rings. The van der Waals surface area contributed by atoms with Crippen LogP contribution in [-0.4, -0.2) is 51.2 Å². The van der Waals surface area contributed by atoms with Crippen LogP contribution >= 0.6 is 0 Å². The lowest BCUT2D eigenvalue weighted by atomic mass is 10.5. The molecule has 4 nitrogen and oxygen atoms in total. The van der Waals surface area contributed by atoms with Crippen molar-refractivity contribution >= 4 is 5.91 Å². The molecule has 0 radical (unpaired) electrons. The van der Waals surface area contributed by atoms with Gasteiger partial charge < -0.3 is 15.0 Å². The highest BCUT2D eigenvalue weighted by Gasteiger charge is 2.05. The molecule has 0 rings (SSSR count). The molecule has 13 heavy (non-hydrogen) atoms. The molecule has 0 saturated heterocycles. The Morgan fingerprint density at radius 3 is 2.92 bits per heavy atom. The summed E-state index contributed by atoms with van der Waals surface area (Å²) < 4.78 is 4.81. The number of hydrogen-bond donors (Lipinski definition) is 1. The maximum Gasteiger partial charge on any atom is 0.237 e. The van der Waals surface area contributed by atoms with Gasteiger partial charge in [0.2, 0.25) is 5.91 Å². The van der Waals surface area contributed by atoms with Crippen LogP contribution in [0, 0.1) is 12.3 Å². The lowest BCUT2D eigenvalue weighted by Crippen LogP contribution is -2.36. The smallest absolute Gasteiger partial charge is 0.237 e. The van der Waals surface area contributed by atoms with Gasteiger partial charge in [0, 0.05) is 20.7 Å². The van der Waals surface area contributed by atoms with Gasteiger partial charge in [-0.25, -0.2) is 0 Å². The molecule has 1 amide bonds. The van der Waals surface area contributed by atoms with Crippen LogP contribution in [0.3, 0.4) is 0 Å². The number of nitrogens with zero attached hydrogens (tertiary/aromatic N) is 1. The van der Waals surface area contributed by atoms with E-state index in [1.165, 1.54) is 4.90 Å². The third kappa shape index (κ3) is 6.14. The Labute approximate surface area is 79.2 Å². The third-order valence-electron chi connectivity index (χ3n) is 1.51. The maximum absolute atomic E-state index is 11.2. The molecule has 0 saturated carbocycles. The van der Waals surface area contributed by atoms with Crippen LogP contribution in [0.1, 0.15) is 0 Å². The molecule has 0 aromatic heterocycles. The highest BCUT2D eigenvalue weighted by molar-refractivity contribution is 5.78. The van der Waals surface area contributed by atoms with Crippen LogP contribution in [0.4, 0.5) is 0 Å². The van der Waals surface area contributed by atoms with E-state index in [-0.39, 0.29) is 5.91 Å².